The van der Waals surface area contributed by atoms with Gasteiger partial charge in [0.25, 0.3) is 5.91 Å². The second-order valence-corrected chi connectivity index (χ2v) is 7.82. The van der Waals surface area contributed by atoms with Crippen LogP contribution < -0.4 is 15.5 Å². The van der Waals surface area contributed by atoms with E-state index in [9.17, 15) is 9.59 Å². The molecule has 4 rings (SSSR count). The highest BCUT2D eigenvalue weighted by molar-refractivity contribution is 7.71. The van der Waals surface area contributed by atoms with E-state index in [0.717, 1.165) is 30.4 Å². The molecule has 7 nitrogen and oxygen atoms in total. The van der Waals surface area contributed by atoms with Crippen molar-refractivity contribution in [2.24, 2.45) is 0 Å². The third-order valence-corrected chi connectivity index (χ3v) is 5.71. The number of para-hydroxylation sites is 2. The van der Waals surface area contributed by atoms with E-state index < -0.39 is 6.04 Å². The Hall–Kier alpha value is -3.26. The molecule has 0 aliphatic carbocycles. The van der Waals surface area contributed by atoms with Crippen LogP contribution in [0.25, 0.3) is 10.9 Å². The topological polar surface area (TPSA) is 79.3 Å². The second kappa shape index (κ2) is 9.26. The summed E-state index contributed by atoms with van der Waals surface area (Å²) in [5, 5.41) is 6.92. The average molecular weight is 436 g/mol. The summed E-state index contributed by atoms with van der Waals surface area (Å²) in [5.41, 5.74) is 1.90. The first kappa shape index (κ1) is 21.0. The Morgan fingerprint density at radius 1 is 1.19 bits per heavy atom. The molecule has 0 unspecified atom stereocenters. The van der Waals surface area contributed by atoms with Crippen molar-refractivity contribution >= 4 is 46.4 Å². The summed E-state index contributed by atoms with van der Waals surface area (Å²) in [6.07, 6.45) is 0.875. The van der Waals surface area contributed by atoms with E-state index in [-0.39, 0.29) is 23.0 Å². The van der Waals surface area contributed by atoms with Gasteiger partial charge in [0.1, 0.15) is 11.9 Å². The second-order valence-electron chi connectivity index (χ2n) is 7.45. The summed E-state index contributed by atoms with van der Waals surface area (Å²) in [7, 11) is 0. The normalized spacial score (nSPS) is 14.9. The smallest absolute Gasteiger partial charge is 0.257 e. The standard InChI is InChI=1S/C23H25N5O2S/c1-2-27(16-9-4-3-5-10-16)14-8-13-24-20(29)15-19-22(30)28-21(25-19)17-11-6-7-12-18(17)26-23(28)31/h3-7,9-12,19,25H,2,8,13-15H2,1H3,(H,24,29)/t19-/m1/s1. The number of anilines is 2. The fourth-order valence-electron chi connectivity index (χ4n) is 3.87. The summed E-state index contributed by atoms with van der Waals surface area (Å²) >= 11 is 5.30. The number of hydrogen-bond donors (Lipinski definition) is 2. The Labute approximate surface area is 186 Å². The van der Waals surface area contributed by atoms with E-state index in [1.165, 1.54) is 10.3 Å². The average Bonchev–Trinajstić information content (AvgIpc) is 3.11. The van der Waals surface area contributed by atoms with E-state index in [0.29, 0.717) is 12.4 Å². The highest BCUT2D eigenvalue weighted by atomic mass is 32.1. The van der Waals surface area contributed by atoms with Gasteiger partial charge in [-0.05, 0) is 49.8 Å². The van der Waals surface area contributed by atoms with Crippen LogP contribution in [0.2, 0.25) is 0 Å². The molecule has 31 heavy (non-hydrogen) atoms. The van der Waals surface area contributed by atoms with Crippen molar-refractivity contribution < 1.29 is 9.59 Å². The minimum absolute atomic E-state index is 0.0553. The van der Waals surface area contributed by atoms with Gasteiger partial charge in [0.2, 0.25) is 10.7 Å². The van der Waals surface area contributed by atoms with E-state index in [2.05, 4.69) is 39.6 Å². The van der Waals surface area contributed by atoms with Gasteiger partial charge in [-0.1, -0.05) is 30.3 Å². The molecule has 160 valence electrons. The lowest BCUT2D eigenvalue weighted by Crippen LogP contribution is -2.35. The Morgan fingerprint density at radius 2 is 1.94 bits per heavy atom. The van der Waals surface area contributed by atoms with Crippen LogP contribution in [0.3, 0.4) is 0 Å². The summed E-state index contributed by atoms with van der Waals surface area (Å²) in [5.74, 6) is 0.208. The molecular formula is C23H25N5O2S. The summed E-state index contributed by atoms with van der Waals surface area (Å²) < 4.78 is 1.60. The van der Waals surface area contributed by atoms with Crippen LogP contribution in [0, 0.1) is 4.77 Å². The fraction of sp³-hybridized carbons (Fsp3) is 0.304. The molecule has 0 saturated carbocycles. The summed E-state index contributed by atoms with van der Waals surface area (Å²) in [6, 6.07) is 17.1. The number of fused-ring (bicyclic) bond motifs is 3. The van der Waals surface area contributed by atoms with Crippen molar-refractivity contribution in [2.75, 3.05) is 29.9 Å². The highest BCUT2D eigenvalue weighted by Crippen LogP contribution is 2.28. The maximum Gasteiger partial charge on any atom is 0.257 e. The Bertz CT molecular complexity index is 1160. The number of benzene rings is 2. The van der Waals surface area contributed by atoms with Crippen molar-refractivity contribution in [1.29, 1.82) is 0 Å². The van der Waals surface area contributed by atoms with E-state index >= 15 is 0 Å². The first-order chi connectivity index (χ1) is 15.1. The predicted octanol–water partition coefficient (Wildman–Crippen LogP) is 3.62. The Kier molecular flexibility index (Phi) is 6.27. The third kappa shape index (κ3) is 4.44. The van der Waals surface area contributed by atoms with Gasteiger partial charge in [-0.2, -0.15) is 0 Å². The molecule has 0 radical (unpaired) electrons. The molecule has 0 fully saturated rings. The van der Waals surface area contributed by atoms with Crippen molar-refractivity contribution in [3.05, 3.63) is 59.4 Å². The van der Waals surface area contributed by atoms with Crippen LogP contribution >= 0.6 is 12.2 Å². The van der Waals surface area contributed by atoms with Crippen LogP contribution in [0.1, 0.15) is 24.6 Å². The molecule has 1 amide bonds. The lowest BCUT2D eigenvalue weighted by atomic mass is 10.2. The van der Waals surface area contributed by atoms with Crippen molar-refractivity contribution in [2.45, 2.75) is 25.8 Å². The van der Waals surface area contributed by atoms with Crippen LogP contribution in [0.5, 0.6) is 0 Å². The van der Waals surface area contributed by atoms with Gasteiger partial charge in [0.05, 0.1) is 11.9 Å². The summed E-state index contributed by atoms with van der Waals surface area (Å²) in [4.78, 5) is 31.9. The Balaban J connectivity index is 1.32. The molecule has 1 aliphatic rings. The molecule has 0 saturated heterocycles. The minimum atomic E-state index is -0.647. The van der Waals surface area contributed by atoms with Crippen LogP contribution in [0.15, 0.2) is 54.6 Å². The van der Waals surface area contributed by atoms with Gasteiger partial charge < -0.3 is 15.5 Å². The first-order valence-electron chi connectivity index (χ1n) is 10.5. The van der Waals surface area contributed by atoms with Crippen LogP contribution in [0.4, 0.5) is 11.5 Å². The predicted molar refractivity (Wildman–Crippen MR) is 125 cm³/mol. The fourth-order valence-corrected chi connectivity index (χ4v) is 4.15. The first-order valence-corrected chi connectivity index (χ1v) is 10.9. The zero-order valence-corrected chi connectivity index (χ0v) is 18.2. The van der Waals surface area contributed by atoms with Gasteiger partial charge in [0, 0.05) is 30.7 Å². The number of nitrogens with zero attached hydrogens (tertiary/aromatic N) is 3. The number of hydrogen-bond acceptors (Lipinski definition) is 6. The van der Waals surface area contributed by atoms with E-state index in [1.54, 1.807) is 0 Å². The van der Waals surface area contributed by atoms with Gasteiger partial charge in [-0.25, -0.2) is 9.55 Å². The SMILES string of the molecule is CCN(CCCNC(=O)C[C@H]1Nc2c3ccccc3nc(=S)n2C1=O)c1ccccc1. The zero-order chi connectivity index (χ0) is 21.8. The van der Waals surface area contributed by atoms with Crippen molar-refractivity contribution in [3.8, 4) is 0 Å². The molecule has 2 heterocycles. The molecular weight excluding hydrogens is 410 g/mol. The molecule has 0 bridgehead atoms. The monoisotopic (exact) mass is 435 g/mol. The molecule has 3 aromatic rings. The molecule has 2 aromatic carbocycles. The number of aromatic nitrogens is 2. The number of rotatable bonds is 8. The lowest BCUT2D eigenvalue weighted by molar-refractivity contribution is -0.121. The maximum atomic E-state index is 12.8. The molecule has 0 spiro atoms. The molecule has 2 N–H and O–H groups in total. The van der Waals surface area contributed by atoms with E-state index in [1.807, 2.05) is 42.5 Å². The lowest BCUT2D eigenvalue weighted by Gasteiger charge is -2.23. The number of nitrogens with one attached hydrogen (secondary N) is 2. The van der Waals surface area contributed by atoms with Gasteiger partial charge in [0.15, 0.2) is 0 Å². The Morgan fingerprint density at radius 3 is 2.71 bits per heavy atom. The highest BCUT2D eigenvalue weighted by Gasteiger charge is 2.33. The number of carbonyl (C=O) groups is 2. The van der Waals surface area contributed by atoms with Crippen molar-refractivity contribution in [3.63, 3.8) is 0 Å². The maximum absolute atomic E-state index is 12.8. The minimum Gasteiger partial charge on any atom is -0.372 e. The molecule has 8 heteroatoms. The van der Waals surface area contributed by atoms with Gasteiger partial charge in [-0.15, -0.1) is 0 Å². The van der Waals surface area contributed by atoms with Crippen LogP contribution in [-0.4, -0.2) is 47.0 Å². The van der Waals surface area contributed by atoms with E-state index in [4.69, 9.17) is 12.2 Å². The quantitative estimate of drug-likeness (QED) is 0.416. The van der Waals surface area contributed by atoms with Crippen LogP contribution in [-0.2, 0) is 4.79 Å². The number of carbonyl (C=O) groups excluding carboxylic acids is 2. The summed E-state index contributed by atoms with van der Waals surface area (Å²) in [6.45, 7) is 4.42. The van der Waals surface area contributed by atoms with Gasteiger partial charge >= 0.3 is 0 Å². The molecule has 1 aromatic heterocycles. The van der Waals surface area contributed by atoms with Gasteiger partial charge in [-0.3, -0.25) is 9.59 Å². The zero-order valence-electron chi connectivity index (χ0n) is 17.4. The largest absolute Gasteiger partial charge is 0.372 e. The van der Waals surface area contributed by atoms with Crippen molar-refractivity contribution in [1.82, 2.24) is 14.9 Å². The molecule has 1 aliphatic heterocycles. The third-order valence-electron chi connectivity index (χ3n) is 5.44. The number of amides is 1. The molecule has 1 atom stereocenters.